The highest BCUT2D eigenvalue weighted by Crippen LogP contribution is 2.17. The number of nitrogens with zero attached hydrogens (tertiary/aromatic N) is 1. The Labute approximate surface area is 121 Å². The van der Waals surface area contributed by atoms with Gasteiger partial charge in [-0.05, 0) is 26.0 Å². The van der Waals surface area contributed by atoms with Crippen molar-refractivity contribution in [1.82, 2.24) is 5.16 Å². The Balaban J connectivity index is 2.08. The predicted molar refractivity (Wildman–Crippen MR) is 76.3 cm³/mol. The standard InChI is InChI=1S/C14H15N3O4/c1-3-20-13(18)10-6-4-5-7-11(10)15-14(19)16-12-8-9(2)21-17-12/h4-8H,3H2,1-2H3,(H2,15,16,17,19). The minimum Gasteiger partial charge on any atom is -0.462 e. The fourth-order valence-electron chi connectivity index (χ4n) is 1.67. The SMILES string of the molecule is CCOC(=O)c1ccccc1NC(=O)Nc1cc(C)on1. The van der Waals surface area contributed by atoms with Gasteiger partial charge < -0.3 is 14.6 Å². The van der Waals surface area contributed by atoms with E-state index in [0.29, 0.717) is 17.3 Å². The Morgan fingerprint density at radius 2 is 2.05 bits per heavy atom. The maximum atomic E-state index is 11.9. The van der Waals surface area contributed by atoms with E-state index in [1.807, 2.05) is 0 Å². The number of hydrogen-bond acceptors (Lipinski definition) is 5. The minimum atomic E-state index is -0.528. The molecule has 2 amide bonds. The Bertz CT molecular complexity index is 651. The number of aryl methyl sites for hydroxylation is 1. The van der Waals surface area contributed by atoms with Gasteiger partial charge in [0.15, 0.2) is 5.82 Å². The molecule has 0 aliphatic carbocycles. The summed E-state index contributed by atoms with van der Waals surface area (Å²) in [4.78, 5) is 23.7. The van der Waals surface area contributed by atoms with E-state index in [-0.39, 0.29) is 12.2 Å². The molecule has 0 spiro atoms. The predicted octanol–water partition coefficient (Wildman–Crippen LogP) is 2.80. The highest BCUT2D eigenvalue weighted by atomic mass is 16.5. The molecule has 21 heavy (non-hydrogen) atoms. The van der Waals surface area contributed by atoms with Crippen LogP contribution in [0.15, 0.2) is 34.9 Å². The number of amides is 2. The van der Waals surface area contributed by atoms with Crippen LogP contribution in [0.3, 0.4) is 0 Å². The van der Waals surface area contributed by atoms with Crippen molar-refractivity contribution in [2.45, 2.75) is 13.8 Å². The molecule has 0 atom stereocenters. The third kappa shape index (κ3) is 3.82. The van der Waals surface area contributed by atoms with E-state index in [2.05, 4.69) is 15.8 Å². The van der Waals surface area contributed by atoms with E-state index in [1.54, 1.807) is 44.2 Å². The molecule has 0 saturated heterocycles. The second-order valence-electron chi connectivity index (χ2n) is 4.17. The molecular formula is C14H15N3O4. The molecule has 1 aromatic heterocycles. The molecular weight excluding hydrogens is 274 g/mol. The zero-order valence-corrected chi connectivity index (χ0v) is 11.7. The Morgan fingerprint density at radius 3 is 2.71 bits per heavy atom. The molecule has 1 aromatic carbocycles. The van der Waals surface area contributed by atoms with Crippen LogP contribution in [0.2, 0.25) is 0 Å². The lowest BCUT2D eigenvalue weighted by molar-refractivity contribution is 0.0527. The maximum Gasteiger partial charge on any atom is 0.340 e. The number of esters is 1. The fraction of sp³-hybridized carbons (Fsp3) is 0.214. The third-order valence-corrected chi connectivity index (χ3v) is 2.54. The van der Waals surface area contributed by atoms with Gasteiger partial charge in [0.25, 0.3) is 0 Å². The van der Waals surface area contributed by atoms with Crippen molar-refractivity contribution < 1.29 is 18.8 Å². The van der Waals surface area contributed by atoms with Gasteiger partial charge in [0.05, 0.1) is 17.9 Å². The monoisotopic (exact) mass is 289 g/mol. The molecule has 7 nitrogen and oxygen atoms in total. The number of ether oxygens (including phenoxy) is 1. The van der Waals surface area contributed by atoms with Crippen LogP contribution in [0.1, 0.15) is 23.0 Å². The van der Waals surface area contributed by atoms with E-state index in [9.17, 15) is 9.59 Å². The number of nitrogens with one attached hydrogen (secondary N) is 2. The van der Waals surface area contributed by atoms with Gasteiger partial charge in [-0.2, -0.15) is 0 Å². The number of benzene rings is 1. The molecule has 2 aromatic rings. The van der Waals surface area contributed by atoms with Gasteiger partial charge in [0.2, 0.25) is 0 Å². The molecule has 0 fully saturated rings. The minimum absolute atomic E-state index is 0.261. The number of aromatic nitrogens is 1. The molecule has 0 unspecified atom stereocenters. The first kappa shape index (κ1) is 14.6. The summed E-state index contributed by atoms with van der Waals surface area (Å²) < 4.78 is 9.78. The molecule has 0 aliphatic heterocycles. The first-order valence-corrected chi connectivity index (χ1v) is 6.37. The number of hydrogen-bond donors (Lipinski definition) is 2. The van der Waals surface area contributed by atoms with Crippen LogP contribution in [-0.2, 0) is 4.74 Å². The summed E-state index contributed by atoms with van der Waals surface area (Å²) in [5.41, 5.74) is 0.638. The first-order valence-electron chi connectivity index (χ1n) is 6.37. The Kier molecular flexibility index (Phi) is 4.55. The zero-order valence-electron chi connectivity index (χ0n) is 11.7. The number of anilines is 2. The molecule has 2 rings (SSSR count). The lowest BCUT2D eigenvalue weighted by Crippen LogP contribution is -2.21. The van der Waals surface area contributed by atoms with Crippen LogP contribution < -0.4 is 10.6 Å². The van der Waals surface area contributed by atoms with Gasteiger partial charge in [-0.15, -0.1) is 0 Å². The summed E-state index contributed by atoms with van der Waals surface area (Å²) in [7, 11) is 0. The van der Waals surface area contributed by atoms with E-state index in [0.717, 1.165) is 0 Å². The molecule has 0 bridgehead atoms. The van der Waals surface area contributed by atoms with Crippen molar-refractivity contribution in [2.24, 2.45) is 0 Å². The second kappa shape index (κ2) is 6.56. The Hall–Kier alpha value is -2.83. The van der Waals surface area contributed by atoms with E-state index in [1.165, 1.54) is 0 Å². The Morgan fingerprint density at radius 1 is 1.29 bits per heavy atom. The van der Waals surface area contributed by atoms with Crippen LogP contribution in [-0.4, -0.2) is 23.8 Å². The highest BCUT2D eigenvalue weighted by Gasteiger charge is 2.14. The van der Waals surface area contributed by atoms with Crippen molar-refractivity contribution >= 4 is 23.5 Å². The fourth-order valence-corrected chi connectivity index (χ4v) is 1.67. The number of urea groups is 1. The lowest BCUT2D eigenvalue weighted by atomic mass is 10.2. The average molecular weight is 289 g/mol. The maximum absolute atomic E-state index is 11.9. The van der Waals surface area contributed by atoms with Gasteiger partial charge in [-0.25, -0.2) is 9.59 Å². The topological polar surface area (TPSA) is 93.5 Å². The van der Waals surface area contributed by atoms with E-state index >= 15 is 0 Å². The summed E-state index contributed by atoms with van der Waals surface area (Å²) in [5.74, 6) is 0.376. The summed E-state index contributed by atoms with van der Waals surface area (Å²) in [6, 6.07) is 7.64. The number of para-hydroxylation sites is 1. The lowest BCUT2D eigenvalue weighted by Gasteiger charge is -2.10. The summed E-state index contributed by atoms with van der Waals surface area (Å²) in [6.45, 7) is 3.69. The van der Waals surface area contributed by atoms with Gasteiger partial charge >= 0.3 is 12.0 Å². The number of carbonyl (C=O) groups excluding carboxylic acids is 2. The van der Waals surface area contributed by atoms with E-state index in [4.69, 9.17) is 9.26 Å². The summed E-state index contributed by atoms with van der Waals surface area (Å²) >= 11 is 0. The van der Waals surface area contributed by atoms with Crippen LogP contribution in [0.25, 0.3) is 0 Å². The normalized spacial score (nSPS) is 10.0. The van der Waals surface area contributed by atoms with Crippen LogP contribution in [0, 0.1) is 6.92 Å². The molecule has 0 radical (unpaired) electrons. The quantitative estimate of drug-likeness (QED) is 0.844. The van der Waals surface area contributed by atoms with Crippen LogP contribution >= 0.6 is 0 Å². The van der Waals surface area contributed by atoms with Gasteiger partial charge in [-0.1, -0.05) is 17.3 Å². The summed E-state index contributed by atoms with van der Waals surface area (Å²) in [5, 5.41) is 8.72. The smallest absolute Gasteiger partial charge is 0.340 e. The molecule has 1 heterocycles. The van der Waals surface area contributed by atoms with Crippen LogP contribution in [0.5, 0.6) is 0 Å². The average Bonchev–Trinajstić information content (AvgIpc) is 2.84. The first-order chi connectivity index (χ1) is 10.1. The molecule has 0 aliphatic rings. The molecule has 110 valence electrons. The largest absolute Gasteiger partial charge is 0.462 e. The van der Waals surface area contributed by atoms with Crippen molar-refractivity contribution in [2.75, 3.05) is 17.2 Å². The number of carbonyl (C=O) groups is 2. The van der Waals surface area contributed by atoms with Gasteiger partial charge in [-0.3, -0.25) is 5.32 Å². The zero-order chi connectivity index (χ0) is 15.2. The van der Waals surface area contributed by atoms with Crippen molar-refractivity contribution in [3.8, 4) is 0 Å². The number of rotatable bonds is 4. The van der Waals surface area contributed by atoms with Crippen molar-refractivity contribution in [1.29, 1.82) is 0 Å². The highest BCUT2D eigenvalue weighted by molar-refractivity contribution is 6.04. The molecule has 0 saturated carbocycles. The third-order valence-electron chi connectivity index (χ3n) is 2.54. The van der Waals surface area contributed by atoms with Crippen LogP contribution in [0.4, 0.5) is 16.3 Å². The van der Waals surface area contributed by atoms with Gasteiger partial charge in [0.1, 0.15) is 5.76 Å². The van der Waals surface area contributed by atoms with E-state index < -0.39 is 12.0 Å². The molecule has 7 heteroatoms. The van der Waals surface area contributed by atoms with Crippen molar-refractivity contribution in [3.05, 3.63) is 41.7 Å². The van der Waals surface area contributed by atoms with Crippen molar-refractivity contribution in [3.63, 3.8) is 0 Å². The second-order valence-corrected chi connectivity index (χ2v) is 4.17. The van der Waals surface area contributed by atoms with Gasteiger partial charge in [0, 0.05) is 6.07 Å². The molecule has 2 N–H and O–H groups in total. The summed E-state index contributed by atoms with van der Waals surface area (Å²) in [6.07, 6.45) is 0.